The number of hydrogen-bond donors (Lipinski definition) is 2. The summed E-state index contributed by atoms with van der Waals surface area (Å²) in [6, 6.07) is 17.3. The predicted molar refractivity (Wildman–Crippen MR) is 164 cm³/mol. The molecule has 12 heteroatoms. The summed E-state index contributed by atoms with van der Waals surface area (Å²) in [6.07, 6.45) is 0.566. The summed E-state index contributed by atoms with van der Waals surface area (Å²) in [5.41, 5.74) is 13.5. The first-order chi connectivity index (χ1) is 21.5. The second-order valence-corrected chi connectivity index (χ2v) is 10.0. The smallest absolute Gasteiger partial charge is 0.494 e. The number of carbonyl (C=O) groups is 2. The lowest BCUT2D eigenvalue weighted by Gasteiger charge is -2.08. The minimum atomic E-state index is -4.22. The molecule has 0 fully saturated rings. The van der Waals surface area contributed by atoms with Crippen LogP contribution < -0.4 is 20.9 Å². The molecular weight excluding hydrogens is 593 g/mol. The summed E-state index contributed by atoms with van der Waals surface area (Å²) < 4.78 is 57.8. The lowest BCUT2D eigenvalue weighted by Crippen LogP contribution is -2.11. The molecule has 0 bridgehead atoms. The number of nitrogen functional groups attached to an aromatic ring is 2. The molecule has 3 aromatic rings. The van der Waals surface area contributed by atoms with Crippen molar-refractivity contribution in [2.24, 2.45) is 0 Å². The van der Waals surface area contributed by atoms with Gasteiger partial charge in [-0.15, -0.1) is 0 Å². The van der Waals surface area contributed by atoms with Gasteiger partial charge in [0, 0.05) is 36.0 Å². The SMILES string of the molecule is Nc1cc(N)cc(C(=O)OCCCCCCOC(=O)/C=C/c2ccc(OC(=[OH+])c3ccc(OCCCC(F)(F)F)cc3)cc2)c1. The minimum absolute atomic E-state index is 0.0741. The maximum atomic E-state index is 12.2. The molecule has 0 saturated carbocycles. The van der Waals surface area contributed by atoms with Crippen LogP contribution in [0.15, 0.2) is 72.8 Å². The summed E-state index contributed by atoms with van der Waals surface area (Å²) in [5.74, 6) is -0.600. The first kappa shape index (κ1) is 34.5. The van der Waals surface area contributed by atoms with E-state index in [4.69, 9.17) is 30.4 Å². The molecule has 0 spiro atoms. The highest BCUT2D eigenvalue weighted by molar-refractivity contribution is 5.92. The second-order valence-electron chi connectivity index (χ2n) is 10.0. The van der Waals surface area contributed by atoms with Crippen molar-refractivity contribution in [2.45, 2.75) is 44.7 Å². The molecule has 0 amide bonds. The monoisotopic (exact) mass is 629 g/mol. The van der Waals surface area contributed by atoms with Crippen LogP contribution in [0.5, 0.6) is 11.5 Å². The number of esters is 3. The number of nitrogens with two attached hydrogens (primary N) is 2. The third-order valence-corrected chi connectivity index (χ3v) is 6.21. The Morgan fingerprint density at radius 3 is 1.96 bits per heavy atom. The summed E-state index contributed by atoms with van der Waals surface area (Å²) >= 11 is 0. The molecule has 0 atom stereocenters. The number of halogens is 3. The molecule has 3 aromatic carbocycles. The highest BCUT2D eigenvalue weighted by atomic mass is 19.4. The number of alkyl halides is 3. The molecule has 3 rings (SSSR count). The van der Waals surface area contributed by atoms with Gasteiger partial charge in [-0.25, -0.2) is 9.59 Å². The molecule has 9 nitrogen and oxygen atoms in total. The average Bonchev–Trinajstić information content (AvgIpc) is 2.99. The lowest BCUT2D eigenvalue weighted by atomic mass is 10.2. The van der Waals surface area contributed by atoms with Gasteiger partial charge in [-0.2, -0.15) is 13.2 Å². The molecule has 0 radical (unpaired) electrons. The normalized spacial score (nSPS) is 11.3. The molecule has 0 unspecified atom stereocenters. The van der Waals surface area contributed by atoms with Gasteiger partial charge in [0.15, 0.2) is 0 Å². The van der Waals surface area contributed by atoms with Crippen LogP contribution in [0.3, 0.4) is 0 Å². The molecule has 0 aromatic heterocycles. The quantitative estimate of drug-likeness (QED) is 0.0458. The van der Waals surface area contributed by atoms with Crippen LogP contribution in [-0.4, -0.2) is 48.7 Å². The van der Waals surface area contributed by atoms with Crippen molar-refractivity contribution in [3.8, 4) is 11.5 Å². The number of ether oxygens (including phenoxy) is 4. The predicted octanol–water partition coefficient (Wildman–Crippen LogP) is 6.48. The van der Waals surface area contributed by atoms with Gasteiger partial charge in [0.05, 0.1) is 25.4 Å². The molecule has 0 saturated heterocycles. The van der Waals surface area contributed by atoms with Crippen molar-refractivity contribution in [1.82, 2.24) is 0 Å². The Kier molecular flexibility index (Phi) is 13.3. The Labute approximate surface area is 258 Å². The van der Waals surface area contributed by atoms with E-state index in [9.17, 15) is 27.6 Å². The molecular formula is C33H36F3N2O7+. The van der Waals surface area contributed by atoms with E-state index in [0.717, 1.165) is 12.8 Å². The topological polar surface area (TPSA) is 144 Å². The fourth-order valence-electron chi connectivity index (χ4n) is 3.96. The lowest BCUT2D eigenvalue weighted by molar-refractivity contribution is -0.138. The third-order valence-electron chi connectivity index (χ3n) is 6.21. The van der Waals surface area contributed by atoms with E-state index < -0.39 is 24.5 Å². The molecule has 5 N–H and O–H groups in total. The van der Waals surface area contributed by atoms with E-state index in [-0.39, 0.29) is 32.2 Å². The van der Waals surface area contributed by atoms with Crippen molar-refractivity contribution in [2.75, 3.05) is 31.3 Å². The van der Waals surface area contributed by atoms with Gasteiger partial charge < -0.3 is 30.5 Å². The van der Waals surface area contributed by atoms with Gasteiger partial charge in [0.2, 0.25) is 5.75 Å². The van der Waals surface area contributed by atoms with Gasteiger partial charge in [0.1, 0.15) is 11.3 Å². The van der Waals surface area contributed by atoms with Crippen LogP contribution >= 0.6 is 0 Å². The number of benzene rings is 3. The third kappa shape index (κ3) is 13.5. The van der Waals surface area contributed by atoms with E-state index >= 15 is 0 Å². The van der Waals surface area contributed by atoms with Crippen LogP contribution in [-0.2, 0) is 14.3 Å². The molecule has 240 valence electrons. The summed E-state index contributed by atoms with van der Waals surface area (Å²) in [5, 5.41) is 0. The number of anilines is 2. The average molecular weight is 630 g/mol. The van der Waals surface area contributed by atoms with Crippen molar-refractivity contribution in [1.29, 1.82) is 0 Å². The molecule has 45 heavy (non-hydrogen) atoms. The summed E-state index contributed by atoms with van der Waals surface area (Å²) in [6.45, 7) is 0.452. The molecule has 0 aliphatic heterocycles. The van der Waals surface area contributed by atoms with Crippen molar-refractivity contribution in [3.05, 3.63) is 89.5 Å². The zero-order valence-corrected chi connectivity index (χ0v) is 24.6. The van der Waals surface area contributed by atoms with Crippen molar-refractivity contribution >= 4 is 35.4 Å². The van der Waals surface area contributed by atoms with Crippen molar-refractivity contribution in [3.63, 3.8) is 0 Å². The van der Waals surface area contributed by atoms with Gasteiger partial charge in [0.25, 0.3) is 0 Å². The number of rotatable bonds is 16. The first-order valence-corrected chi connectivity index (χ1v) is 14.3. The fourth-order valence-corrected chi connectivity index (χ4v) is 3.96. The van der Waals surface area contributed by atoms with Crippen molar-refractivity contribution < 1.29 is 46.5 Å². The number of carbonyl (C=O) groups excluding carboxylic acids is 3. The Hall–Kier alpha value is -5.00. The van der Waals surface area contributed by atoms with Gasteiger partial charge in [-0.3, -0.25) is 4.74 Å². The standard InChI is InChI=1S/C33H35F3N2O7/c34-33(35,36)16-5-19-42-28-13-9-24(10-14-28)32(41)45-29-11-6-23(7-12-29)8-15-30(39)43-17-3-1-2-4-18-44-31(40)25-20-26(37)22-27(38)21-25/h6-15,20-22H,1-5,16-19,37-38H2/p+1/b15-8+. The molecule has 0 aliphatic carbocycles. The van der Waals surface area contributed by atoms with Gasteiger partial charge in [-0.1, -0.05) is 0 Å². The maximum absolute atomic E-state index is 12.2. The van der Waals surface area contributed by atoms with Gasteiger partial charge >= 0.3 is 24.1 Å². The Morgan fingerprint density at radius 2 is 1.33 bits per heavy atom. The maximum Gasteiger partial charge on any atom is 0.523 e. The zero-order valence-electron chi connectivity index (χ0n) is 24.6. The van der Waals surface area contributed by atoms with E-state index in [0.29, 0.717) is 52.4 Å². The van der Waals surface area contributed by atoms with Crippen LogP contribution in [0, 0.1) is 0 Å². The highest BCUT2D eigenvalue weighted by Crippen LogP contribution is 2.22. The number of hydrogen-bond acceptors (Lipinski definition) is 8. The largest absolute Gasteiger partial charge is 0.523 e. The minimum Gasteiger partial charge on any atom is -0.494 e. The van der Waals surface area contributed by atoms with Crippen LogP contribution in [0.2, 0.25) is 0 Å². The fraction of sp³-hybridized carbons (Fsp3) is 0.303. The second kappa shape index (κ2) is 17.3. The van der Waals surface area contributed by atoms with Crippen LogP contribution in [0.25, 0.3) is 6.08 Å². The van der Waals surface area contributed by atoms with Crippen LogP contribution in [0.4, 0.5) is 24.5 Å². The highest BCUT2D eigenvalue weighted by Gasteiger charge is 2.26. The summed E-state index contributed by atoms with van der Waals surface area (Å²) in [7, 11) is 0. The first-order valence-electron chi connectivity index (χ1n) is 14.3. The Balaban J connectivity index is 1.28. The van der Waals surface area contributed by atoms with E-state index in [2.05, 4.69) is 0 Å². The van der Waals surface area contributed by atoms with Crippen LogP contribution in [0.1, 0.15) is 60.0 Å². The molecule has 0 heterocycles. The Morgan fingerprint density at radius 1 is 0.733 bits per heavy atom. The van der Waals surface area contributed by atoms with E-state index in [1.165, 1.54) is 42.5 Å². The summed E-state index contributed by atoms with van der Waals surface area (Å²) in [4.78, 5) is 34.4. The van der Waals surface area contributed by atoms with Gasteiger partial charge in [-0.05, 0) is 98.3 Å². The van der Waals surface area contributed by atoms with E-state index in [1.807, 2.05) is 0 Å². The number of unbranched alkanes of at least 4 members (excludes halogenated alkanes) is 3. The molecule has 0 aliphatic rings. The zero-order chi connectivity index (χ0) is 32.7. The van der Waals surface area contributed by atoms with E-state index in [1.54, 1.807) is 36.4 Å². The Bertz CT molecular complexity index is 1420.